The first-order chi connectivity index (χ1) is 32.3. The maximum atomic E-state index is 14.6. The number of fused-ring (bicyclic) bond motifs is 3. The van der Waals surface area contributed by atoms with Crippen LogP contribution in [0.5, 0.6) is 0 Å². The van der Waals surface area contributed by atoms with Crippen LogP contribution in [0.4, 0.5) is 4.79 Å². The summed E-state index contributed by atoms with van der Waals surface area (Å²) in [7, 11) is 4.61. The second-order valence-electron chi connectivity index (χ2n) is 20.3. The van der Waals surface area contributed by atoms with Crippen LogP contribution in [0.25, 0.3) is 0 Å². The number of rotatable bonds is 10. The van der Waals surface area contributed by atoms with Crippen LogP contribution in [0.3, 0.4) is 0 Å². The molecule has 2 bridgehead atoms. The molecule has 5 rings (SSSR count). The van der Waals surface area contributed by atoms with Crippen LogP contribution in [0.1, 0.15) is 119 Å². The fraction of sp³-hybridized carbons (Fsp3) is 0.765. The fourth-order valence-corrected chi connectivity index (χ4v) is 10.8. The highest BCUT2D eigenvalue weighted by atomic mass is 16.7. The first-order valence-corrected chi connectivity index (χ1v) is 24.8. The van der Waals surface area contributed by atoms with Crippen molar-refractivity contribution in [3.8, 4) is 0 Å². The number of hydrogen-bond acceptors (Lipinski definition) is 14. The van der Waals surface area contributed by atoms with E-state index in [0.717, 1.165) is 12.0 Å². The van der Waals surface area contributed by atoms with Crippen molar-refractivity contribution in [3.05, 3.63) is 35.5 Å². The molecule has 0 aromatic rings. The normalized spacial score (nSPS) is 37.6. The molecule has 5 aliphatic rings. The van der Waals surface area contributed by atoms with Gasteiger partial charge in [-0.3, -0.25) is 19.8 Å². The van der Waals surface area contributed by atoms with Crippen LogP contribution in [0.2, 0.25) is 0 Å². The zero-order valence-corrected chi connectivity index (χ0v) is 41.9. The van der Waals surface area contributed by atoms with Gasteiger partial charge in [0.15, 0.2) is 0 Å². The number of likely N-dealkylation sites (tertiary alicyclic amines) is 1. The number of cyclic esters (lactones) is 1. The standard InChI is InChI=1S/C51H80N4O13/c1-10-11-12-15-35-21-29(2)20-30(3)22-42(64-8)45-43(65-9)24-32(5)51(62,68-45)46(58)48(59)55-19-14-13-16-37(55)49(60)67-44(33(6)38(56)26-39(35)57)31(4)23-34-17-18-40(41(25-34)63-7)66-50(61)54-27-36(28-54)47(52)53/h11-12,21,23,30,32-38,40-45,56,62H,10,13-20,22,24-28H2,1-9H3,(H3,52,53)/b12-11+,29-21+,31-23+/t30-,32+,33+,34-,35+,37-,38-,40+,41+,42-,43-,44+,45+,51+/m0/s1. The number of esters is 1. The van der Waals surface area contributed by atoms with E-state index in [1.807, 2.05) is 45.1 Å². The van der Waals surface area contributed by atoms with E-state index in [1.54, 1.807) is 27.9 Å². The SMILES string of the molecule is CC/C=C/C[C@@H]1/C=C(\C)C[C@H](C)C[C@H](OC)[C@H]2O[C@@](O)(C(=O)C(=O)N3CCCC[C@H]3C(=O)O[C@H](/C(C)=C/[C@@H]3CC[C@@H](OC(=O)N4CC(C(=N)N)C4)[C@H](OC)C3)[C@H](C)[C@@H](O)CC1=O)[C@H](C)C[C@@H]2OC. The lowest BCUT2D eigenvalue weighted by atomic mass is 9.81. The highest BCUT2D eigenvalue weighted by molar-refractivity contribution is 6.39. The van der Waals surface area contributed by atoms with Crippen molar-refractivity contribution in [2.75, 3.05) is 41.0 Å². The van der Waals surface area contributed by atoms with E-state index in [4.69, 9.17) is 39.6 Å². The van der Waals surface area contributed by atoms with Gasteiger partial charge in [0.25, 0.3) is 11.7 Å². The number of methoxy groups -OCH3 is 3. The zero-order chi connectivity index (χ0) is 50.0. The van der Waals surface area contributed by atoms with Crippen LogP contribution < -0.4 is 5.73 Å². The summed E-state index contributed by atoms with van der Waals surface area (Å²) < 4.78 is 36.2. The molecule has 68 heavy (non-hydrogen) atoms. The van der Waals surface area contributed by atoms with Gasteiger partial charge in [-0.25, -0.2) is 9.59 Å². The van der Waals surface area contributed by atoms with Crippen molar-refractivity contribution < 1.29 is 62.6 Å². The van der Waals surface area contributed by atoms with Gasteiger partial charge in [-0.2, -0.15) is 0 Å². The van der Waals surface area contributed by atoms with E-state index in [-0.39, 0.29) is 55.2 Å². The predicted molar refractivity (Wildman–Crippen MR) is 253 cm³/mol. The number of nitrogens with two attached hydrogens (primary N) is 1. The largest absolute Gasteiger partial charge is 0.456 e. The van der Waals surface area contributed by atoms with E-state index in [1.165, 1.54) is 24.0 Å². The highest BCUT2D eigenvalue weighted by Crippen LogP contribution is 2.40. The second-order valence-corrected chi connectivity index (χ2v) is 20.3. The number of carbonyl (C=O) groups excluding carboxylic acids is 5. The average molecular weight is 957 g/mol. The monoisotopic (exact) mass is 957 g/mol. The molecule has 0 unspecified atom stereocenters. The number of nitrogens with one attached hydrogen (secondary N) is 1. The van der Waals surface area contributed by atoms with Gasteiger partial charge in [0.05, 0.1) is 36.2 Å². The Morgan fingerprint density at radius 1 is 0.941 bits per heavy atom. The third-order valence-electron chi connectivity index (χ3n) is 15.1. The Morgan fingerprint density at radius 3 is 2.26 bits per heavy atom. The first-order valence-electron chi connectivity index (χ1n) is 24.8. The number of aliphatic hydroxyl groups is 2. The number of allylic oxidation sites excluding steroid dienone is 5. The molecule has 17 nitrogen and oxygen atoms in total. The number of ether oxygens (including phenoxy) is 6. The first kappa shape index (κ1) is 54.9. The minimum Gasteiger partial charge on any atom is -0.456 e. The Bertz CT molecular complexity index is 1880. The van der Waals surface area contributed by atoms with E-state index in [2.05, 4.69) is 0 Å². The predicted octanol–water partition coefficient (Wildman–Crippen LogP) is 5.43. The van der Waals surface area contributed by atoms with Crippen molar-refractivity contribution in [2.24, 2.45) is 41.2 Å². The summed E-state index contributed by atoms with van der Waals surface area (Å²) in [5.41, 5.74) is 7.18. The maximum Gasteiger partial charge on any atom is 0.410 e. The Kier molecular flexibility index (Phi) is 20.0. The molecule has 14 atom stereocenters. The number of aliphatic hydroxyl groups excluding tert-OH is 1. The van der Waals surface area contributed by atoms with E-state index in [0.29, 0.717) is 70.0 Å². The van der Waals surface area contributed by atoms with E-state index >= 15 is 0 Å². The Labute approximate surface area is 403 Å². The number of amidine groups is 1. The average Bonchev–Trinajstić information content (AvgIpc) is 3.28. The Morgan fingerprint density at radius 2 is 1.62 bits per heavy atom. The zero-order valence-electron chi connectivity index (χ0n) is 41.9. The summed E-state index contributed by atoms with van der Waals surface area (Å²) in [6.07, 6.45) is 7.17. The van der Waals surface area contributed by atoms with E-state index in [9.17, 15) is 34.2 Å². The highest BCUT2D eigenvalue weighted by Gasteiger charge is 2.56. The van der Waals surface area contributed by atoms with Gasteiger partial charge in [0.2, 0.25) is 5.79 Å². The van der Waals surface area contributed by atoms with Crippen LogP contribution in [0, 0.1) is 40.9 Å². The summed E-state index contributed by atoms with van der Waals surface area (Å²) in [6.45, 7) is 11.9. The maximum absolute atomic E-state index is 14.6. The molecule has 1 saturated carbocycles. The van der Waals surface area contributed by atoms with Gasteiger partial charge in [-0.1, -0.05) is 57.6 Å². The molecule has 382 valence electrons. The topological polar surface area (TPSA) is 238 Å². The van der Waals surface area contributed by atoms with Crippen molar-refractivity contribution in [3.63, 3.8) is 0 Å². The molecule has 0 aromatic heterocycles. The molecule has 2 amide bonds. The van der Waals surface area contributed by atoms with Gasteiger partial charge in [-0.05, 0) is 102 Å². The van der Waals surface area contributed by atoms with Crippen molar-refractivity contribution in [2.45, 2.75) is 173 Å². The molecule has 17 heteroatoms. The molecule has 4 aliphatic heterocycles. The summed E-state index contributed by atoms with van der Waals surface area (Å²) >= 11 is 0. The molecule has 0 aromatic carbocycles. The lowest BCUT2D eigenvalue weighted by Crippen LogP contribution is -2.64. The van der Waals surface area contributed by atoms with Crippen LogP contribution in [-0.4, -0.2) is 151 Å². The summed E-state index contributed by atoms with van der Waals surface area (Å²) in [5.74, 6) is -8.16. The third kappa shape index (κ3) is 13.2. The number of hydrogen-bond donors (Lipinski definition) is 4. The Hall–Kier alpha value is -4.00. The minimum absolute atomic E-state index is 0.00663. The van der Waals surface area contributed by atoms with Gasteiger partial charge in [-0.15, -0.1) is 0 Å². The number of amides is 2. The molecular formula is C51H80N4O13. The number of piperidine rings is 1. The van der Waals surface area contributed by atoms with Crippen molar-refractivity contribution >= 4 is 35.4 Å². The molecule has 0 spiro atoms. The molecule has 1 aliphatic carbocycles. The van der Waals surface area contributed by atoms with Gasteiger partial charge >= 0.3 is 12.1 Å². The molecule has 4 heterocycles. The summed E-state index contributed by atoms with van der Waals surface area (Å²) in [5, 5.41) is 31.8. The minimum atomic E-state index is -2.54. The number of carbonyl (C=O) groups is 5. The number of Topliss-reactive ketones (excluding diaryl/α,β-unsaturated/α-hetero) is 2. The van der Waals surface area contributed by atoms with Crippen molar-refractivity contribution in [1.82, 2.24) is 9.80 Å². The van der Waals surface area contributed by atoms with Crippen LogP contribution in [0.15, 0.2) is 35.5 Å². The second kappa shape index (κ2) is 24.7. The number of ketones is 2. The van der Waals surface area contributed by atoms with Gasteiger partial charge in [0, 0.05) is 65.1 Å². The van der Waals surface area contributed by atoms with Gasteiger partial charge in [0.1, 0.15) is 30.1 Å². The fourth-order valence-electron chi connectivity index (χ4n) is 10.8. The lowest BCUT2D eigenvalue weighted by Gasteiger charge is -2.47. The third-order valence-corrected chi connectivity index (χ3v) is 15.1. The summed E-state index contributed by atoms with van der Waals surface area (Å²) in [6, 6.07) is -1.18. The summed E-state index contributed by atoms with van der Waals surface area (Å²) in [4.78, 5) is 73.3. The molecule has 4 fully saturated rings. The van der Waals surface area contributed by atoms with Crippen LogP contribution in [-0.2, 0) is 47.6 Å². The molecule has 3 saturated heterocycles. The van der Waals surface area contributed by atoms with Gasteiger partial charge < -0.3 is 54.2 Å². The lowest BCUT2D eigenvalue weighted by molar-refractivity contribution is -0.302. The smallest absolute Gasteiger partial charge is 0.410 e. The quantitative estimate of drug-likeness (QED) is 0.0703. The number of nitrogens with zero attached hydrogens (tertiary/aromatic N) is 2. The molecular weight excluding hydrogens is 877 g/mol. The molecule has 0 radical (unpaired) electrons. The Balaban J connectivity index is 1.48. The molecule has 5 N–H and O–H groups in total. The van der Waals surface area contributed by atoms with E-state index < -0.39 is 96.1 Å². The van der Waals surface area contributed by atoms with Crippen LogP contribution >= 0.6 is 0 Å². The van der Waals surface area contributed by atoms with Crippen molar-refractivity contribution in [1.29, 1.82) is 5.41 Å².